The second-order valence-electron chi connectivity index (χ2n) is 2.44. The third kappa shape index (κ3) is 1.03. The van der Waals surface area contributed by atoms with E-state index >= 15 is 0 Å². The van der Waals surface area contributed by atoms with Crippen molar-refractivity contribution >= 4 is 16.6 Å². The fourth-order valence-electron chi connectivity index (χ4n) is 1.00. The SMILES string of the molecule is Nc1cc2cc(=O)occ2cn1. The predicted molar refractivity (Wildman–Crippen MR) is 44.7 cm³/mol. The number of fused-ring (bicyclic) bond motifs is 1. The summed E-state index contributed by atoms with van der Waals surface area (Å²) < 4.78 is 4.64. The summed E-state index contributed by atoms with van der Waals surface area (Å²) in [4.78, 5) is 14.6. The molecule has 0 bridgehead atoms. The fourth-order valence-corrected chi connectivity index (χ4v) is 1.00. The van der Waals surface area contributed by atoms with Gasteiger partial charge in [0.25, 0.3) is 0 Å². The van der Waals surface area contributed by atoms with Gasteiger partial charge < -0.3 is 10.2 Å². The molecule has 60 valence electrons. The van der Waals surface area contributed by atoms with Gasteiger partial charge in [-0.1, -0.05) is 0 Å². The Morgan fingerprint density at radius 3 is 3.00 bits per heavy atom. The second-order valence-corrected chi connectivity index (χ2v) is 2.44. The van der Waals surface area contributed by atoms with Gasteiger partial charge in [0.15, 0.2) is 0 Å². The van der Waals surface area contributed by atoms with Gasteiger partial charge in [-0.25, -0.2) is 9.78 Å². The molecular weight excluding hydrogens is 156 g/mol. The molecule has 2 aromatic rings. The first-order valence-electron chi connectivity index (χ1n) is 3.40. The van der Waals surface area contributed by atoms with Crippen molar-refractivity contribution in [2.24, 2.45) is 0 Å². The smallest absolute Gasteiger partial charge is 0.336 e. The highest BCUT2D eigenvalue weighted by molar-refractivity contribution is 5.81. The van der Waals surface area contributed by atoms with Crippen LogP contribution in [0.2, 0.25) is 0 Å². The number of pyridine rings is 1. The van der Waals surface area contributed by atoms with E-state index in [1.807, 2.05) is 0 Å². The van der Waals surface area contributed by atoms with Crippen LogP contribution in [0.5, 0.6) is 0 Å². The van der Waals surface area contributed by atoms with Crippen molar-refractivity contribution in [3.8, 4) is 0 Å². The molecule has 2 rings (SSSR count). The molecule has 0 aliphatic carbocycles. The van der Waals surface area contributed by atoms with Crippen molar-refractivity contribution in [3.63, 3.8) is 0 Å². The van der Waals surface area contributed by atoms with Crippen molar-refractivity contribution < 1.29 is 4.42 Å². The molecule has 0 aliphatic rings. The van der Waals surface area contributed by atoms with Crippen LogP contribution in [-0.4, -0.2) is 4.98 Å². The Bertz CT molecular complexity index is 476. The normalized spacial score (nSPS) is 10.3. The molecule has 0 radical (unpaired) electrons. The standard InChI is InChI=1S/C8H6N2O2/c9-7-1-5-2-8(11)12-4-6(5)3-10-7/h1-4H,9H2. The van der Waals surface area contributed by atoms with Crippen LogP contribution in [0.25, 0.3) is 10.8 Å². The lowest BCUT2D eigenvalue weighted by atomic mass is 10.2. The number of rotatable bonds is 0. The molecule has 0 fully saturated rings. The Hall–Kier alpha value is -1.84. The maximum Gasteiger partial charge on any atom is 0.336 e. The highest BCUT2D eigenvalue weighted by atomic mass is 16.4. The fraction of sp³-hybridized carbons (Fsp3) is 0. The number of nitrogens with zero attached hydrogens (tertiary/aromatic N) is 1. The van der Waals surface area contributed by atoms with E-state index in [9.17, 15) is 4.79 Å². The molecule has 12 heavy (non-hydrogen) atoms. The lowest BCUT2D eigenvalue weighted by Gasteiger charge is -1.95. The van der Waals surface area contributed by atoms with Crippen molar-refractivity contribution in [2.75, 3.05) is 5.73 Å². The van der Waals surface area contributed by atoms with Crippen LogP contribution >= 0.6 is 0 Å². The Balaban J connectivity index is 2.89. The van der Waals surface area contributed by atoms with E-state index in [2.05, 4.69) is 9.40 Å². The van der Waals surface area contributed by atoms with Crippen LogP contribution < -0.4 is 11.4 Å². The van der Waals surface area contributed by atoms with E-state index in [1.165, 1.54) is 12.3 Å². The molecule has 0 spiro atoms. The summed E-state index contributed by atoms with van der Waals surface area (Å²) in [7, 11) is 0. The zero-order valence-corrected chi connectivity index (χ0v) is 6.15. The van der Waals surface area contributed by atoms with Gasteiger partial charge in [-0.05, 0) is 11.5 Å². The summed E-state index contributed by atoms with van der Waals surface area (Å²) in [6.45, 7) is 0. The average molecular weight is 162 g/mol. The van der Waals surface area contributed by atoms with E-state index in [1.54, 1.807) is 12.3 Å². The number of hydrogen-bond donors (Lipinski definition) is 1. The summed E-state index contributed by atoms with van der Waals surface area (Å²) in [5.41, 5.74) is 5.05. The number of hydrogen-bond acceptors (Lipinski definition) is 4. The minimum Gasteiger partial charge on any atom is -0.431 e. The zero-order valence-electron chi connectivity index (χ0n) is 6.15. The third-order valence-corrected chi connectivity index (χ3v) is 1.56. The maximum absolute atomic E-state index is 10.8. The summed E-state index contributed by atoms with van der Waals surface area (Å²) >= 11 is 0. The van der Waals surface area contributed by atoms with Gasteiger partial charge in [-0.15, -0.1) is 0 Å². The molecule has 4 nitrogen and oxygen atoms in total. The minimum absolute atomic E-state index is 0.381. The highest BCUT2D eigenvalue weighted by Crippen LogP contribution is 2.11. The minimum atomic E-state index is -0.381. The summed E-state index contributed by atoms with van der Waals surface area (Å²) in [6, 6.07) is 3.01. The topological polar surface area (TPSA) is 69.1 Å². The maximum atomic E-state index is 10.8. The zero-order chi connectivity index (χ0) is 8.55. The van der Waals surface area contributed by atoms with Crippen LogP contribution in [0.1, 0.15) is 0 Å². The Morgan fingerprint density at radius 1 is 1.33 bits per heavy atom. The number of aromatic nitrogens is 1. The molecule has 2 aromatic heterocycles. The Kier molecular flexibility index (Phi) is 1.33. The van der Waals surface area contributed by atoms with Crippen LogP contribution in [0, 0.1) is 0 Å². The monoisotopic (exact) mass is 162 g/mol. The summed E-state index contributed by atoms with van der Waals surface area (Å²) in [5, 5.41) is 1.52. The third-order valence-electron chi connectivity index (χ3n) is 1.56. The first-order chi connectivity index (χ1) is 5.75. The van der Waals surface area contributed by atoms with Crippen molar-refractivity contribution in [1.82, 2.24) is 4.98 Å². The van der Waals surface area contributed by atoms with E-state index in [-0.39, 0.29) is 5.63 Å². The predicted octanol–water partition coefficient (Wildman–Crippen LogP) is 0.770. The molecule has 0 saturated carbocycles. The van der Waals surface area contributed by atoms with Crippen molar-refractivity contribution in [3.05, 3.63) is 35.0 Å². The van der Waals surface area contributed by atoms with Gasteiger partial charge in [-0.2, -0.15) is 0 Å². The van der Waals surface area contributed by atoms with E-state index in [0.717, 1.165) is 10.8 Å². The van der Waals surface area contributed by atoms with Crippen LogP contribution in [-0.2, 0) is 0 Å². The van der Waals surface area contributed by atoms with Gasteiger partial charge in [0.05, 0.1) is 0 Å². The second kappa shape index (κ2) is 2.34. The molecular formula is C8H6N2O2. The molecule has 0 aromatic carbocycles. The number of nitrogen functional groups attached to an aromatic ring is 1. The van der Waals surface area contributed by atoms with Gasteiger partial charge in [0.2, 0.25) is 0 Å². The van der Waals surface area contributed by atoms with Crippen molar-refractivity contribution in [1.29, 1.82) is 0 Å². The molecule has 0 aliphatic heterocycles. The lowest BCUT2D eigenvalue weighted by Crippen LogP contribution is -1.96. The van der Waals surface area contributed by atoms with Crippen LogP contribution in [0.15, 0.2) is 33.8 Å². The Labute approximate surface area is 67.6 Å². The highest BCUT2D eigenvalue weighted by Gasteiger charge is 1.96. The van der Waals surface area contributed by atoms with Gasteiger partial charge >= 0.3 is 5.63 Å². The lowest BCUT2D eigenvalue weighted by molar-refractivity contribution is 0.517. The molecule has 2 N–H and O–H groups in total. The summed E-state index contributed by atoms with van der Waals surface area (Å²) in [6.07, 6.45) is 2.93. The first-order valence-corrected chi connectivity index (χ1v) is 3.40. The number of anilines is 1. The van der Waals surface area contributed by atoms with Crippen molar-refractivity contribution in [2.45, 2.75) is 0 Å². The molecule has 4 heteroatoms. The van der Waals surface area contributed by atoms with E-state index in [4.69, 9.17) is 5.73 Å². The average Bonchev–Trinajstić information content (AvgIpc) is 2.03. The van der Waals surface area contributed by atoms with Gasteiger partial charge in [0.1, 0.15) is 12.1 Å². The summed E-state index contributed by atoms with van der Waals surface area (Å²) in [5.74, 6) is 0.396. The molecule has 2 heterocycles. The van der Waals surface area contributed by atoms with Gasteiger partial charge in [0, 0.05) is 17.6 Å². The first kappa shape index (κ1) is 6.84. The molecule has 0 saturated heterocycles. The number of nitrogens with two attached hydrogens (primary N) is 1. The van der Waals surface area contributed by atoms with E-state index < -0.39 is 0 Å². The molecule has 0 unspecified atom stereocenters. The van der Waals surface area contributed by atoms with E-state index in [0.29, 0.717) is 5.82 Å². The van der Waals surface area contributed by atoms with Crippen LogP contribution in [0.4, 0.5) is 5.82 Å². The van der Waals surface area contributed by atoms with Gasteiger partial charge in [-0.3, -0.25) is 0 Å². The molecule has 0 atom stereocenters. The quantitative estimate of drug-likeness (QED) is 0.621. The Morgan fingerprint density at radius 2 is 2.17 bits per heavy atom. The largest absolute Gasteiger partial charge is 0.431 e. The molecule has 0 amide bonds. The van der Waals surface area contributed by atoms with Crippen LogP contribution in [0.3, 0.4) is 0 Å².